The van der Waals surface area contributed by atoms with Gasteiger partial charge < -0.3 is 5.73 Å². The van der Waals surface area contributed by atoms with Gasteiger partial charge in [-0.25, -0.2) is 0 Å². The lowest BCUT2D eigenvalue weighted by Gasteiger charge is -2.63. The summed E-state index contributed by atoms with van der Waals surface area (Å²) in [6.07, 6.45) is 3.00. The molecule has 5 nitrogen and oxygen atoms in total. The first-order valence-electron chi connectivity index (χ1n) is 7.56. The van der Waals surface area contributed by atoms with Crippen molar-refractivity contribution in [3.63, 3.8) is 0 Å². The molecule has 0 radical (unpaired) electrons. The summed E-state index contributed by atoms with van der Waals surface area (Å²) in [6.45, 7) is 10.8. The SMILES string of the molecule is CC1CCCCN1S(=O)(=O)NC1C(C)(C)C(N)C1(C)C. The molecule has 1 heterocycles. The number of piperidine rings is 1. The largest absolute Gasteiger partial charge is 0.327 e. The summed E-state index contributed by atoms with van der Waals surface area (Å²) >= 11 is 0. The first kappa shape index (κ1) is 16.2. The Bertz CT molecular complexity index is 457. The summed E-state index contributed by atoms with van der Waals surface area (Å²) in [6, 6.07) is -0.0353. The number of nitrogens with zero attached hydrogens (tertiary/aromatic N) is 1. The van der Waals surface area contributed by atoms with Crippen LogP contribution in [0, 0.1) is 10.8 Å². The van der Waals surface area contributed by atoms with E-state index in [4.69, 9.17) is 5.73 Å². The fourth-order valence-electron chi connectivity index (χ4n) is 4.13. The maximum absolute atomic E-state index is 12.7. The molecule has 0 spiro atoms. The molecule has 2 rings (SSSR count). The normalized spacial score (nSPS) is 37.4. The van der Waals surface area contributed by atoms with Crippen LogP contribution in [0.2, 0.25) is 0 Å². The van der Waals surface area contributed by atoms with Crippen molar-refractivity contribution < 1.29 is 8.42 Å². The van der Waals surface area contributed by atoms with Crippen molar-refractivity contribution in [1.82, 2.24) is 9.03 Å². The van der Waals surface area contributed by atoms with Crippen LogP contribution in [0.3, 0.4) is 0 Å². The van der Waals surface area contributed by atoms with Gasteiger partial charge in [-0.2, -0.15) is 17.4 Å². The molecule has 0 aromatic heterocycles. The Kier molecular flexibility index (Phi) is 4.00. The first-order valence-corrected chi connectivity index (χ1v) is 9.00. The van der Waals surface area contributed by atoms with E-state index in [2.05, 4.69) is 4.72 Å². The van der Waals surface area contributed by atoms with Crippen molar-refractivity contribution in [3.05, 3.63) is 0 Å². The Labute approximate surface area is 123 Å². The summed E-state index contributed by atoms with van der Waals surface area (Å²) in [7, 11) is -3.43. The van der Waals surface area contributed by atoms with Gasteiger partial charge in [0.25, 0.3) is 10.2 Å². The second kappa shape index (κ2) is 4.93. The average Bonchev–Trinajstić information content (AvgIpc) is 2.35. The molecule has 0 aromatic carbocycles. The highest BCUT2D eigenvalue weighted by molar-refractivity contribution is 7.87. The molecule has 1 atom stereocenters. The summed E-state index contributed by atoms with van der Waals surface area (Å²) in [4.78, 5) is 0. The maximum Gasteiger partial charge on any atom is 0.279 e. The van der Waals surface area contributed by atoms with Gasteiger partial charge in [0.15, 0.2) is 0 Å². The Hall–Kier alpha value is -0.170. The molecule has 0 bridgehead atoms. The third-order valence-electron chi connectivity index (χ3n) is 5.41. The van der Waals surface area contributed by atoms with E-state index < -0.39 is 10.2 Å². The van der Waals surface area contributed by atoms with Gasteiger partial charge in [-0.05, 0) is 30.6 Å². The van der Waals surface area contributed by atoms with Crippen LogP contribution in [-0.4, -0.2) is 37.4 Å². The molecule has 118 valence electrons. The number of hydrogen-bond acceptors (Lipinski definition) is 3. The van der Waals surface area contributed by atoms with Gasteiger partial charge in [-0.15, -0.1) is 0 Å². The smallest absolute Gasteiger partial charge is 0.279 e. The maximum atomic E-state index is 12.7. The van der Waals surface area contributed by atoms with Crippen LogP contribution in [-0.2, 0) is 10.2 Å². The van der Waals surface area contributed by atoms with Gasteiger partial charge in [0.1, 0.15) is 0 Å². The molecule has 0 amide bonds. The van der Waals surface area contributed by atoms with Crippen molar-refractivity contribution in [1.29, 1.82) is 0 Å². The molecule has 0 aromatic rings. The molecule has 6 heteroatoms. The molecule has 1 saturated carbocycles. The zero-order chi connectivity index (χ0) is 15.3. The minimum absolute atomic E-state index is 0.00137. The fourth-order valence-corrected chi connectivity index (χ4v) is 6.12. The number of nitrogens with one attached hydrogen (secondary N) is 1. The Morgan fingerprint density at radius 2 is 1.70 bits per heavy atom. The summed E-state index contributed by atoms with van der Waals surface area (Å²) in [5.74, 6) is 0. The standard InChI is InChI=1S/C14H29N3O2S/c1-10-8-6-7-9-17(10)20(18,19)16-12-13(2,3)11(15)14(12,4)5/h10-12,16H,6-9,15H2,1-5H3. The van der Waals surface area contributed by atoms with E-state index in [-0.39, 0.29) is 29.0 Å². The molecule has 1 aliphatic heterocycles. The van der Waals surface area contributed by atoms with Crippen LogP contribution >= 0.6 is 0 Å². The average molecular weight is 303 g/mol. The van der Waals surface area contributed by atoms with Gasteiger partial charge in [-0.1, -0.05) is 34.1 Å². The highest BCUT2D eigenvalue weighted by Crippen LogP contribution is 2.52. The van der Waals surface area contributed by atoms with Gasteiger partial charge in [0.2, 0.25) is 0 Å². The van der Waals surface area contributed by atoms with Crippen molar-refractivity contribution in [3.8, 4) is 0 Å². The van der Waals surface area contributed by atoms with Crippen LogP contribution in [0.4, 0.5) is 0 Å². The summed E-state index contributed by atoms with van der Waals surface area (Å²) in [5, 5.41) is 0. The van der Waals surface area contributed by atoms with E-state index in [9.17, 15) is 8.42 Å². The number of nitrogens with two attached hydrogens (primary N) is 1. The lowest BCUT2D eigenvalue weighted by atomic mass is 9.49. The van der Waals surface area contributed by atoms with Gasteiger partial charge in [-0.3, -0.25) is 0 Å². The van der Waals surface area contributed by atoms with Crippen LogP contribution in [0.25, 0.3) is 0 Å². The number of hydrogen-bond donors (Lipinski definition) is 2. The lowest BCUT2D eigenvalue weighted by Crippen LogP contribution is -2.76. The molecule has 2 fully saturated rings. The Morgan fingerprint density at radius 1 is 1.15 bits per heavy atom. The zero-order valence-electron chi connectivity index (χ0n) is 13.3. The first-order chi connectivity index (χ1) is 9.01. The van der Waals surface area contributed by atoms with Crippen LogP contribution in [0.1, 0.15) is 53.9 Å². The second-order valence-corrected chi connectivity index (χ2v) is 9.29. The van der Waals surface area contributed by atoms with Gasteiger partial charge >= 0.3 is 0 Å². The lowest BCUT2D eigenvalue weighted by molar-refractivity contribution is -0.0602. The highest BCUT2D eigenvalue weighted by atomic mass is 32.2. The predicted octanol–water partition coefficient (Wildman–Crippen LogP) is 1.46. The van der Waals surface area contributed by atoms with Gasteiger partial charge in [0, 0.05) is 24.7 Å². The van der Waals surface area contributed by atoms with Crippen molar-refractivity contribution in [2.45, 2.75) is 72.0 Å². The van der Waals surface area contributed by atoms with Crippen molar-refractivity contribution in [2.75, 3.05) is 6.54 Å². The topological polar surface area (TPSA) is 75.4 Å². The van der Waals surface area contributed by atoms with Crippen molar-refractivity contribution in [2.24, 2.45) is 16.6 Å². The van der Waals surface area contributed by atoms with E-state index in [1.54, 1.807) is 4.31 Å². The fraction of sp³-hybridized carbons (Fsp3) is 1.00. The summed E-state index contributed by atoms with van der Waals surface area (Å²) < 4.78 is 29.9. The zero-order valence-corrected chi connectivity index (χ0v) is 14.1. The van der Waals surface area contributed by atoms with Gasteiger partial charge in [0.05, 0.1) is 0 Å². The molecule has 1 saturated heterocycles. The van der Waals surface area contributed by atoms with E-state index in [1.165, 1.54) is 0 Å². The highest BCUT2D eigenvalue weighted by Gasteiger charge is 2.61. The Balaban J connectivity index is 2.16. The Morgan fingerprint density at radius 3 is 2.20 bits per heavy atom. The van der Waals surface area contributed by atoms with Crippen LogP contribution < -0.4 is 10.5 Å². The molecule has 1 aliphatic carbocycles. The third-order valence-corrected chi connectivity index (χ3v) is 7.10. The monoisotopic (exact) mass is 303 g/mol. The number of rotatable bonds is 3. The van der Waals surface area contributed by atoms with E-state index in [0.29, 0.717) is 6.54 Å². The second-order valence-electron chi connectivity index (χ2n) is 7.63. The van der Waals surface area contributed by atoms with Crippen molar-refractivity contribution >= 4 is 10.2 Å². The molecular formula is C14H29N3O2S. The van der Waals surface area contributed by atoms with Crippen LogP contribution in [0.5, 0.6) is 0 Å². The molecule has 1 unspecified atom stereocenters. The van der Waals surface area contributed by atoms with E-state index >= 15 is 0 Å². The van der Waals surface area contributed by atoms with E-state index in [1.807, 2.05) is 34.6 Å². The predicted molar refractivity (Wildman–Crippen MR) is 81.4 cm³/mol. The molecule has 20 heavy (non-hydrogen) atoms. The molecule has 2 aliphatic rings. The molecular weight excluding hydrogens is 274 g/mol. The van der Waals surface area contributed by atoms with Crippen LogP contribution in [0.15, 0.2) is 0 Å². The minimum atomic E-state index is -3.43. The molecule has 3 N–H and O–H groups in total. The third kappa shape index (κ3) is 2.40. The van der Waals surface area contributed by atoms with E-state index in [0.717, 1.165) is 19.3 Å². The minimum Gasteiger partial charge on any atom is -0.327 e. The summed E-state index contributed by atoms with van der Waals surface area (Å²) in [5.41, 5.74) is 5.78. The quantitative estimate of drug-likeness (QED) is 0.829.